The highest BCUT2D eigenvalue weighted by Gasteiger charge is 2.25. The lowest BCUT2D eigenvalue weighted by molar-refractivity contribution is -0.147. The molecular formula is C27H35N3O7S. The van der Waals surface area contributed by atoms with E-state index < -0.39 is 36.1 Å². The van der Waals surface area contributed by atoms with E-state index in [2.05, 4.69) is 16.0 Å². The third-order valence-electron chi connectivity index (χ3n) is 5.43. The van der Waals surface area contributed by atoms with Gasteiger partial charge in [-0.25, -0.2) is 19.2 Å². The highest BCUT2D eigenvalue weighted by atomic mass is 32.2. The van der Waals surface area contributed by atoms with E-state index in [1.165, 1.54) is 11.8 Å². The zero-order valence-corrected chi connectivity index (χ0v) is 22.2. The van der Waals surface area contributed by atoms with Gasteiger partial charge in [0.1, 0.15) is 25.3 Å². The molecule has 0 aliphatic heterocycles. The van der Waals surface area contributed by atoms with Crippen LogP contribution in [0.15, 0.2) is 60.7 Å². The molecule has 0 aliphatic rings. The predicted molar refractivity (Wildman–Crippen MR) is 145 cm³/mol. The number of rotatable bonds is 16. The second-order valence-corrected chi connectivity index (χ2v) is 9.41. The Hall–Kier alpha value is -3.73. The van der Waals surface area contributed by atoms with E-state index in [1.807, 2.05) is 66.9 Å². The molecule has 0 radical (unpaired) electrons. The molecule has 3 amide bonds. The minimum absolute atomic E-state index is 0.0414. The van der Waals surface area contributed by atoms with Gasteiger partial charge in [-0.2, -0.15) is 11.8 Å². The molecule has 2 rings (SSSR count). The van der Waals surface area contributed by atoms with E-state index in [1.54, 1.807) is 0 Å². The van der Waals surface area contributed by atoms with Gasteiger partial charge in [0.15, 0.2) is 0 Å². The average Bonchev–Trinajstić information content (AvgIpc) is 2.93. The first-order chi connectivity index (χ1) is 18.4. The van der Waals surface area contributed by atoms with Gasteiger partial charge in [0.05, 0.1) is 0 Å². The van der Waals surface area contributed by atoms with Gasteiger partial charge in [-0.15, -0.1) is 0 Å². The molecule has 11 heteroatoms. The highest BCUT2D eigenvalue weighted by molar-refractivity contribution is 7.98. The number of hydrogen-bond donors (Lipinski definition) is 4. The number of aliphatic carboxylic acids is 1. The van der Waals surface area contributed by atoms with Crippen LogP contribution in [0.1, 0.15) is 36.8 Å². The third-order valence-corrected chi connectivity index (χ3v) is 6.07. The number of hydrogen-bond acceptors (Lipinski definition) is 7. The Labute approximate surface area is 226 Å². The van der Waals surface area contributed by atoms with Crippen molar-refractivity contribution in [2.45, 2.75) is 51.0 Å². The Balaban J connectivity index is 1.83. The molecule has 10 nitrogen and oxygen atoms in total. The Bertz CT molecular complexity index is 1010. The lowest BCUT2D eigenvalue weighted by atomic mass is 10.1. The molecule has 0 saturated heterocycles. The van der Waals surface area contributed by atoms with Crippen molar-refractivity contribution >= 4 is 35.8 Å². The van der Waals surface area contributed by atoms with Gasteiger partial charge >= 0.3 is 24.1 Å². The van der Waals surface area contributed by atoms with Crippen LogP contribution in [0.5, 0.6) is 0 Å². The molecule has 0 spiro atoms. The fraction of sp³-hybridized carbons (Fsp3) is 0.407. The van der Waals surface area contributed by atoms with Gasteiger partial charge in [-0.1, -0.05) is 60.7 Å². The van der Waals surface area contributed by atoms with Gasteiger partial charge in [-0.05, 0) is 48.8 Å². The number of carbonyl (C=O) groups excluding carboxylic acids is 3. The Morgan fingerprint density at radius 2 is 1.39 bits per heavy atom. The average molecular weight is 546 g/mol. The van der Waals surface area contributed by atoms with E-state index in [0.29, 0.717) is 25.1 Å². The van der Waals surface area contributed by atoms with Crippen LogP contribution >= 0.6 is 11.8 Å². The standard InChI is InChI=1S/C27H35N3O7S/c1-38-17-15-22(24(31)32)29-26(34)30-23(25(33)36-18-20-10-4-2-5-11-20)14-8-9-16-28-27(35)37-19-21-12-6-3-7-13-21/h2-7,10-13,22-23H,8-9,14-19H2,1H3,(H,28,35)(H,31,32)(H2,29,30,34)/t22-,23-/m0/s1. The zero-order valence-electron chi connectivity index (χ0n) is 21.4. The summed E-state index contributed by atoms with van der Waals surface area (Å²) in [5.41, 5.74) is 1.67. The van der Waals surface area contributed by atoms with Crippen molar-refractivity contribution in [3.8, 4) is 0 Å². The molecule has 2 atom stereocenters. The smallest absolute Gasteiger partial charge is 0.407 e. The second-order valence-electron chi connectivity index (χ2n) is 8.42. The van der Waals surface area contributed by atoms with Gasteiger partial charge in [-0.3, -0.25) is 0 Å². The summed E-state index contributed by atoms with van der Waals surface area (Å²) in [6.07, 6.45) is 2.80. The lowest BCUT2D eigenvalue weighted by Crippen LogP contribution is -2.51. The van der Waals surface area contributed by atoms with Gasteiger partial charge in [0, 0.05) is 6.54 Å². The Morgan fingerprint density at radius 3 is 1.97 bits per heavy atom. The molecule has 0 unspecified atom stereocenters. The number of alkyl carbamates (subject to hydrolysis) is 1. The van der Waals surface area contributed by atoms with Crippen molar-refractivity contribution in [3.05, 3.63) is 71.8 Å². The number of carbonyl (C=O) groups is 4. The van der Waals surface area contributed by atoms with Crippen molar-refractivity contribution < 1.29 is 33.8 Å². The monoisotopic (exact) mass is 545 g/mol. The minimum atomic E-state index is -1.15. The summed E-state index contributed by atoms with van der Waals surface area (Å²) in [7, 11) is 0. The fourth-order valence-electron chi connectivity index (χ4n) is 3.37. The highest BCUT2D eigenvalue weighted by Crippen LogP contribution is 2.08. The normalized spacial score (nSPS) is 12.0. The molecule has 206 valence electrons. The zero-order chi connectivity index (χ0) is 27.6. The fourth-order valence-corrected chi connectivity index (χ4v) is 3.84. The molecule has 0 heterocycles. The van der Waals surface area contributed by atoms with Crippen molar-refractivity contribution in [3.63, 3.8) is 0 Å². The number of amides is 3. The second kappa shape index (κ2) is 17.7. The Morgan fingerprint density at radius 1 is 0.816 bits per heavy atom. The molecule has 38 heavy (non-hydrogen) atoms. The number of unbranched alkanes of at least 4 members (excludes halogenated alkanes) is 1. The number of carboxylic acids is 1. The number of nitrogens with one attached hydrogen (secondary N) is 3. The van der Waals surface area contributed by atoms with E-state index in [-0.39, 0.29) is 26.1 Å². The van der Waals surface area contributed by atoms with E-state index >= 15 is 0 Å². The topological polar surface area (TPSA) is 143 Å². The number of carboxylic acid groups (broad SMARTS) is 1. The van der Waals surface area contributed by atoms with Gasteiger partial charge < -0.3 is 30.5 Å². The third kappa shape index (κ3) is 12.5. The van der Waals surface area contributed by atoms with E-state index in [9.17, 15) is 24.3 Å². The summed E-state index contributed by atoms with van der Waals surface area (Å²) in [6, 6.07) is 15.6. The quantitative estimate of drug-likeness (QED) is 0.185. The van der Waals surface area contributed by atoms with Crippen molar-refractivity contribution in [2.24, 2.45) is 0 Å². The van der Waals surface area contributed by atoms with Gasteiger partial charge in [0.2, 0.25) is 0 Å². The molecule has 2 aromatic rings. The van der Waals surface area contributed by atoms with Crippen LogP contribution < -0.4 is 16.0 Å². The van der Waals surface area contributed by atoms with Crippen LogP contribution in [0, 0.1) is 0 Å². The minimum Gasteiger partial charge on any atom is -0.480 e. The maximum atomic E-state index is 12.8. The number of thioether (sulfide) groups is 1. The number of urea groups is 1. The van der Waals surface area contributed by atoms with Crippen LogP contribution in [0.2, 0.25) is 0 Å². The van der Waals surface area contributed by atoms with Crippen LogP contribution in [-0.2, 0) is 32.3 Å². The lowest BCUT2D eigenvalue weighted by Gasteiger charge is -2.20. The maximum absolute atomic E-state index is 12.8. The van der Waals surface area contributed by atoms with Crippen molar-refractivity contribution in [1.82, 2.24) is 16.0 Å². The van der Waals surface area contributed by atoms with Crippen molar-refractivity contribution in [1.29, 1.82) is 0 Å². The summed E-state index contributed by atoms with van der Waals surface area (Å²) in [6.45, 7) is 0.524. The number of ether oxygens (including phenoxy) is 2. The van der Waals surface area contributed by atoms with Gasteiger partial charge in [0.25, 0.3) is 0 Å². The molecule has 0 saturated carbocycles. The van der Waals surface area contributed by atoms with E-state index in [0.717, 1.165) is 11.1 Å². The Kier molecular flexibility index (Phi) is 14.2. The molecule has 0 aromatic heterocycles. The molecular weight excluding hydrogens is 510 g/mol. The molecule has 4 N–H and O–H groups in total. The van der Waals surface area contributed by atoms with Crippen LogP contribution in [0.4, 0.5) is 9.59 Å². The maximum Gasteiger partial charge on any atom is 0.407 e. The van der Waals surface area contributed by atoms with Crippen LogP contribution in [-0.4, -0.2) is 59.8 Å². The predicted octanol–water partition coefficient (Wildman–Crippen LogP) is 3.70. The molecule has 2 aromatic carbocycles. The van der Waals surface area contributed by atoms with Crippen LogP contribution in [0.3, 0.4) is 0 Å². The van der Waals surface area contributed by atoms with E-state index in [4.69, 9.17) is 9.47 Å². The number of esters is 1. The summed E-state index contributed by atoms with van der Waals surface area (Å²) < 4.78 is 10.6. The molecule has 0 fully saturated rings. The first-order valence-electron chi connectivity index (χ1n) is 12.3. The van der Waals surface area contributed by atoms with Crippen molar-refractivity contribution in [2.75, 3.05) is 18.6 Å². The van der Waals surface area contributed by atoms with Crippen LogP contribution in [0.25, 0.3) is 0 Å². The summed E-state index contributed by atoms with van der Waals surface area (Å²) in [4.78, 5) is 48.6. The first kappa shape index (κ1) is 30.5. The summed E-state index contributed by atoms with van der Waals surface area (Å²) >= 11 is 1.47. The number of benzene rings is 2. The first-order valence-corrected chi connectivity index (χ1v) is 13.7. The summed E-state index contributed by atoms with van der Waals surface area (Å²) in [5, 5.41) is 17.0. The summed E-state index contributed by atoms with van der Waals surface area (Å²) in [5.74, 6) is -1.22. The SMILES string of the molecule is CSCC[C@H](NC(=O)N[C@@H](CCCCNC(=O)OCc1ccccc1)C(=O)OCc1ccccc1)C(=O)O. The largest absolute Gasteiger partial charge is 0.480 e. The molecule has 0 bridgehead atoms. The molecule has 0 aliphatic carbocycles.